The van der Waals surface area contributed by atoms with Gasteiger partial charge < -0.3 is 9.47 Å². The number of ether oxygens (including phenoxy) is 2. The Hall–Kier alpha value is -1.84. The van der Waals surface area contributed by atoms with Crippen molar-refractivity contribution >= 4 is 11.8 Å². The lowest BCUT2D eigenvalue weighted by Crippen LogP contribution is -2.23. The summed E-state index contributed by atoms with van der Waals surface area (Å²) in [7, 11) is 1.35. The number of ketones is 1. The van der Waals surface area contributed by atoms with Crippen LogP contribution in [-0.2, 0) is 9.53 Å². The Morgan fingerprint density at radius 3 is 2.33 bits per heavy atom. The van der Waals surface area contributed by atoms with Crippen molar-refractivity contribution in [2.75, 3.05) is 7.11 Å². The highest BCUT2D eigenvalue weighted by molar-refractivity contribution is 5.89. The van der Waals surface area contributed by atoms with Crippen molar-refractivity contribution in [3.8, 4) is 5.75 Å². The monoisotopic (exact) mass is 248 g/mol. The van der Waals surface area contributed by atoms with E-state index in [4.69, 9.17) is 4.74 Å². The zero-order valence-corrected chi connectivity index (χ0v) is 10.3. The predicted molar refractivity (Wildman–Crippen MR) is 65.7 cm³/mol. The number of carbonyl (C=O) groups excluding carboxylic acids is 2. The zero-order chi connectivity index (χ0) is 13.0. The van der Waals surface area contributed by atoms with Crippen molar-refractivity contribution in [1.29, 1.82) is 0 Å². The maximum absolute atomic E-state index is 11.3. The highest BCUT2D eigenvalue weighted by Crippen LogP contribution is 2.22. The second-order valence-electron chi connectivity index (χ2n) is 4.37. The summed E-state index contributed by atoms with van der Waals surface area (Å²) in [4.78, 5) is 22.4. The maximum Gasteiger partial charge on any atom is 0.337 e. The molecular weight excluding hydrogens is 232 g/mol. The van der Waals surface area contributed by atoms with E-state index in [9.17, 15) is 9.59 Å². The normalized spacial score (nSPS) is 16.4. The second-order valence-corrected chi connectivity index (χ2v) is 4.37. The molecule has 0 N–H and O–H groups in total. The van der Waals surface area contributed by atoms with Crippen LogP contribution in [-0.4, -0.2) is 25.0 Å². The fourth-order valence-corrected chi connectivity index (χ4v) is 2.01. The Kier molecular flexibility index (Phi) is 3.97. The summed E-state index contributed by atoms with van der Waals surface area (Å²) in [6.07, 6.45) is 2.86. The number of Topliss-reactive ketones (excluding diaryl/α,β-unsaturated/α-hetero) is 1. The third kappa shape index (κ3) is 3.09. The van der Waals surface area contributed by atoms with Crippen LogP contribution in [0.4, 0.5) is 0 Å². The van der Waals surface area contributed by atoms with Crippen LogP contribution in [0.15, 0.2) is 24.3 Å². The van der Waals surface area contributed by atoms with Gasteiger partial charge in [-0.05, 0) is 37.1 Å². The molecule has 0 bridgehead atoms. The average Bonchev–Trinajstić information content (AvgIpc) is 2.41. The van der Waals surface area contributed by atoms with E-state index in [1.807, 2.05) is 0 Å². The van der Waals surface area contributed by atoms with Crippen LogP contribution >= 0.6 is 0 Å². The van der Waals surface area contributed by atoms with Gasteiger partial charge in [-0.25, -0.2) is 4.79 Å². The molecule has 0 atom stereocenters. The minimum atomic E-state index is -0.357. The third-order valence-electron chi connectivity index (χ3n) is 3.07. The first kappa shape index (κ1) is 12.6. The largest absolute Gasteiger partial charge is 0.490 e. The molecular formula is C14H16O4. The highest BCUT2D eigenvalue weighted by Gasteiger charge is 2.20. The second kappa shape index (κ2) is 5.67. The fourth-order valence-electron chi connectivity index (χ4n) is 2.01. The number of hydrogen-bond donors (Lipinski definition) is 0. The Bertz CT molecular complexity index is 426. The number of carbonyl (C=O) groups is 2. The molecule has 0 amide bonds. The zero-order valence-electron chi connectivity index (χ0n) is 10.3. The topological polar surface area (TPSA) is 52.6 Å². The maximum atomic E-state index is 11.3. The Morgan fingerprint density at radius 1 is 1.17 bits per heavy atom. The van der Waals surface area contributed by atoms with Crippen molar-refractivity contribution in [3.05, 3.63) is 29.8 Å². The molecule has 1 fully saturated rings. The van der Waals surface area contributed by atoms with Gasteiger partial charge in [0.05, 0.1) is 18.8 Å². The molecule has 0 aromatic heterocycles. The van der Waals surface area contributed by atoms with Crippen LogP contribution in [0.25, 0.3) is 0 Å². The number of methoxy groups -OCH3 is 1. The molecule has 0 unspecified atom stereocenters. The van der Waals surface area contributed by atoms with E-state index in [1.54, 1.807) is 24.3 Å². The summed E-state index contributed by atoms with van der Waals surface area (Å²) in [5.41, 5.74) is 0.503. The van der Waals surface area contributed by atoms with Crippen LogP contribution in [0.1, 0.15) is 36.0 Å². The van der Waals surface area contributed by atoms with Crippen molar-refractivity contribution < 1.29 is 19.1 Å². The van der Waals surface area contributed by atoms with E-state index in [0.717, 1.165) is 18.6 Å². The molecule has 2 rings (SSSR count). The first-order chi connectivity index (χ1) is 8.69. The number of hydrogen-bond acceptors (Lipinski definition) is 4. The van der Waals surface area contributed by atoms with E-state index in [2.05, 4.69) is 4.74 Å². The van der Waals surface area contributed by atoms with Crippen LogP contribution in [0, 0.1) is 0 Å². The van der Waals surface area contributed by atoms with Crippen LogP contribution in [0.5, 0.6) is 5.75 Å². The van der Waals surface area contributed by atoms with Crippen LogP contribution < -0.4 is 4.74 Å². The minimum Gasteiger partial charge on any atom is -0.490 e. The number of benzene rings is 1. The smallest absolute Gasteiger partial charge is 0.337 e. The summed E-state index contributed by atoms with van der Waals surface area (Å²) >= 11 is 0. The lowest BCUT2D eigenvalue weighted by Gasteiger charge is -2.22. The molecule has 4 nitrogen and oxygen atoms in total. The molecule has 0 radical (unpaired) electrons. The van der Waals surface area contributed by atoms with Crippen molar-refractivity contribution in [1.82, 2.24) is 0 Å². The molecule has 0 aliphatic heterocycles. The molecule has 1 aliphatic rings. The predicted octanol–water partition coefficient (Wildman–Crippen LogP) is 2.36. The molecule has 4 heteroatoms. The van der Waals surface area contributed by atoms with Crippen LogP contribution in [0.2, 0.25) is 0 Å². The fraction of sp³-hybridized carbons (Fsp3) is 0.429. The number of esters is 1. The summed E-state index contributed by atoms with van der Waals surface area (Å²) in [5.74, 6) is 0.683. The molecule has 0 spiro atoms. The number of rotatable bonds is 3. The standard InChI is InChI=1S/C14H16O4/c1-17-14(16)10-2-6-12(7-3-10)18-13-8-4-11(15)5-9-13/h2-3,6-7,13H,4-5,8-9H2,1H3. The van der Waals surface area contributed by atoms with Gasteiger partial charge in [0.25, 0.3) is 0 Å². The SMILES string of the molecule is COC(=O)c1ccc(OC2CCC(=O)CC2)cc1. The molecule has 96 valence electrons. The minimum absolute atomic E-state index is 0.103. The van der Waals surface area contributed by atoms with Crippen LogP contribution in [0.3, 0.4) is 0 Å². The van der Waals surface area contributed by atoms with Gasteiger partial charge in [0.15, 0.2) is 0 Å². The van der Waals surface area contributed by atoms with E-state index < -0.39 is 0 Å². The Labute approximate surface area is 106 Å². The van der Waals surface area contributed by atoms with Gasteiger partial charge in [0.2, 0.25) is 0 Å². The van der Waals surface area contributed by atoms with Gasteiger partial charge in [-0.2, -0.15) is 0 Å². The summed E-state index contributed by atoms with van der Waals surface area (Å²) in [6.45, 7) is 0. The molecule has 1 aliphatic carbocycles. The van der Waals surface area contributed by atoms with E-state index >= 15 is 0 Å². The van der Waals surface area contributed by atoms with Gasteiger partial charge in [-0.1, -0.05) is 0 Å². The van der Waals surface area contributed by atoms with Gasteiger partial charge in [-0.15, -0.1) is 0 Å². The van der Waals surface area contributed by atoms with Crippen molar-refractivity contribution in [2.24, 2.45) is 0 Å². The molecule has 0 saturated heterocycles. The lowest BCUT2D eigenvalue weighted by molar-refractivity contribution is -0.121. The molecule has 18 heavy (non-hydrogen) atoms. The van der Waals surface area contributed by atoms with Gasteiger partial charge >= 0.3 is 5.97 Å². The third-order valence-corrected chi connectivity index (χ3v) is 3.07. The summed E-state index contributed by atoms with van der Waals surface area (Å²) < 4.78 is 10.4. The average molecular weight is 248 g/mol. The lowest BCUT2D eigenvalue weighted by atomic mass is 9.96. The quantitative estimate of drug-likeness (QED) is 0.770. The van der Waals surface area contributed by atoms with Gasteiger partial charge in [-0.3, -0.25) is 4.79 Å². The van der Waals surface area contributed by atoms with E-state index in [-0.39, 0.29) is 12.1 Å². The van der Waals surface area contributed by atoms with Gasteiger partial charge in [0.1, 0.15) is 11.5 Å². The highest BCUT2D eigenvalue weighted by atomic mass is 16.5. The Balaban J connectivity index is 1.94. The van der Waals surface area contributed by atoms with Gasteiger partial charge in [0, 0.05) is 12.8 Å². The van der Waals surface area contributed by atoms with Crippen molar-refractivity contribution in [3.63, 3.8) is 0 Å². The first-order valence-electron chi connectivity index (χ1n) is 6.06. The summed E-state index contributed by atoms with van der Waals surface area (Å²) in [6, 6.07) is 6.86. The molecule has 1 aromatic rings. The molecule has 0 heterocycles. The summed E-state index contributed by atoms with van der Waals surface area (Å²) in [5, 5.41) is 0. The first-order valence-corrected chi connectivity index (χ1v) is 6.06. The Morgan fingerprint density at radius 2 is 1.78 bits per heavy atom. The van der Waals surface area contributed by atoms with E-state index in [1.165, 1.54) is 7.11 Å². The molecule has 1 saturated carbocycles. The van der Waals surface area contributed by atoms with Crippen molar-refractivity contribution in [2.45, 2.75) is 31.8 Å². The molecule has 1 aromatic carbocycles. The van der Waals surface area contributed by atoms with E-state index in [0.29, 0.717) is 24.2 Å².